The van der Waals surface area contributed by atoms with Gasteiger partial charge in [0.2, 0.25) is 0 Å². The van der Waals surface area contributed by atoms with E-state index in [2.05, 4.69) is 97.1 Å². The van der Waals surface area contributed by atoms with E-state index in [1.165, 1.54) is 50.3 Å². The van der Waals surface area contributed by atoms with Gasteiger partial charge in [0.05, 0.1) is 8.47 Å². The number of fused-ring (bicyclic) bond motifs is 2. The van der Waals surface area contributed by atoms with Crippen molar-refractivity contribution in [2.75, 3.05) is 0 Å². The van der Waals surface area contributed by atoms with Crippen molar-refractivity contribution in [1.82, 2.24) is 0 Å². The molecule has 6 rings (SSSR count). The summed E-state index contributed by atoms with van der Waals surface area (Å²) >= 11 is 7.65. The zero-order valence-electron chi connectivity index (χ0n) is 15.9. The van der Waals surface area contributed by atoms with Crippen LogP contribution in [0.3, 0.4) is 0 Å². The molecule has 30 heavy (non-hydrogen) atoms. The van der Waals surface area contributed by atoms with Crippen LogP contribution in [-0.4, -0.2) is 0 Å². The van der Waals surface area contributed by atoms with Gasteiger partial charge in [0, 0.05) is 19.6 Å². The molecule has 0 radical (unpaired) electrons. The van der Waals surface area contributed by atoms with E-state index in [1.54, 1.807) is 0 Å². The van der Waals surface area contributed by atoms with E-state index >= 15 is 0 Å². The Labute approximate surface area is 193 Å². The summed E-state index contributed by atoms with van der Waals surface area (Å²) in [6, 6.07) is 35.0. The minimum absolute atomic E-state index is 1.28. The summed E-state index contributed by atoms with van der Waals surface area (Å²) in [6.07, 6.45) is 0. The molecule has 2 heterocycles. The Morgan fingerprint density at radius 1 is 0.333 bits per heavy atom. The van der Waals surface area contributed by atoms with E-state index in [1.807, 2.05) is 47.0 Å². The van der Waals surface area contributed by atoms with Crippen molar-refractivity contribution in [3.05, 3.63) is 106 Å². The predicted molar refractivity (Wildman–Crippen MR) is 134 cm³/mol. The quantitative estimate of drug-likeness (QED) is 0.294. The van der Waals surface area contributed by atoms with E-state index in [0.717, 1.165) is 0 Å². The first-order chi connectivity index (χ1) is 14.8. The lowest BCUT2D eigenvalue weighted by Gasteiger charge is -2.03. The highest BCUT2D eigenvalue weighted by molar-refractivity contribution is 8.30. The fourth-order valence-corrected chi connectivity index (χ4v) is 8.92. The van der Waals surface area contributed by atoms with Crippen LogP contribution in [0.4, 0.5) is 0 Å². The van der Waals surface area contributed by atoms with Gasteiger partial charge < -0.3 is 0 Å². The molecular formula is C26H16S4. The van der Waals surface area contributed by atoms with Crippen LogP contribution in [-0.2, 0) is 0 Å². The fraction of sp³-hybridized carbons (Fsp3) is 0. The zero-order valence-corrected chi connectivity index (χ0v) is 19.1. The summed E-state index contributed by atoms with van der Waals surface area (Å²) in [5.74, 6) is 0. The van der Waals surface area contributed by atoms with Gasteiger partial charge in [-0.05, 0) is 46.5 Å². The molecule has 0 N–H and O–H groups in total. The molecule has 4 aromatic carbocycles. The van der Waals surface area contributed by atoms with Crippen LogP contribution >= 0.6 is 47.0 Å². The van der Waals surface area contributed by atoms with E-state index in [-0.39, 0.29) is 0 Å². The Morgan fingerprint density at radius 3 is 1.17 bits per heavy atom. The molecule has 0 spiro atoms. The van der Waals surface area contributed by atoms with Gasteiger partial charge in [-0.2, -0.15) is 0 Å². The molecule has 0 nitrogen and oxygen atoms in total. The van der Waals surface area contributed by atoms with Crippen molar-refractivity contribution in [2.24, 2.45) is 0 Å². The van der Waals surface area contributed by atoms with Crippen molar-refractivity contribution in [1.29, 1.82) is 0 Å². The first-order valence-corrected chi connectivity index (χ1v) is 12.9. The molecule has 0 saturated carbocycles. The molecular weight excluding hydrogens is 441 g/mol. The molecule has 0 unspecified atom stereocenters. The summed E-state index contributed by atoms with van der Waals surface area (Å²) in [6.45, 7) is 0. The number of benzene rings is 4. The third kappa shape index (κ3) is 3.52. The maximum atomic E-state index is 2.33. The molecule has 2 aliphatic heterocycles. The molecule has 0 aliphatic carbocycles. The van der Waals surface area contributed by atoms with Gasteiger partial charge in [0.1, 0.15) is 0 Å². The summed E-state index contributed by atoms with van der Waals surface area (Å²) in [5, 5.41) is 0. The standard InChI is InChI=1S/C26H16S4/c1-3-7-17(8-4-1)19-11-13-21-23(15-19)29-25(27-21)26-28-22-14-12-20(16-24(22)30-26)18-9-5-2-6-10-18/h1-16H/b26-25-. The minimum Gasteiger partial charge on any atom is -0.0798 e. The molecule has 0 aromatic heterocycles. The molecule has 0 atom stereocenters. The monoisotopic (exact) mass is 456 g/mol. The zero-order chi connectivity index (χ0) is 19.9. The third-order valence-corrected chi connectivity index (χ3v) is 10.7. The largest absolute Gasteiger partial charge is 0.0798 e. The first kappa shape index (κ1) is 18.8. The smallest absolute Gasteiger partial charge is 0.0706 e. The molecule has 144 valence electrons. The Hall–Kier alpha value is -1.98. The van der Waals surface area contributed by atoms with Gasteiger partial charge in [-0.15, -0.1) is 0 Å². The van der Waals surface area contributed by atoms with Crippen LogP contribution in [0.25, 0.3) is 22.3 Å². The molecule has 0 fully saturated rings. The average molecular weight is 457 g/mol. The second-order valence-electron chi connectivity index (χ2n) is 7.04. The summed E-state index contributed by atoms with van der Waals surface area (Å²) in [5.41, 5.74) is 5.13. The molecule has 0 saturated heterocycles. The normalized spacial score (nSPS) is 17.1. The number of rotatable bonds is 2. The molecule has 2 aliphatic rings. The topological polar surface area (TPSA) is 0 Å². The molecule has 4 aromatic rings. The van der Waals surface area contributed by atoms with Crippen LogP contribution in [0.2, 0.25) is 0 Å². The van der Waals surface area contributed by atoms with Crippen molar-refractivity contribution >= 4 is 47.0 Å². The number of hydrogen-bond donors (Lipinski definition) is 0. The van der Waals surface area contributed by atoms with E-state index in [0.29, 0.717) is 0 Å². The van der Waals surface area contributed by atoms with Gasteiger partial charge in [0.15, 0.2) is 0 Å². The van der Waals surface area contributed by atoms with E-state index in [4.69, 9.17) is 0 Å². The van der Waals surface area contributed by atoms with Crippen LogP contribution in [0.1, 0.15) is 0 Å². The second kappa shape index (κ2) is 7.93. The Bertz CT molecular complexity index is 1180. The summed E-state index contributed by atoms with van der Waals surface area (Å²) < 4.78 is 2.81. The molecule has 0 bridgehead atoms. The van der Waals surface area contributed by atoms with Gasteiger partial charge in [-0.25, -0.2) is 0 Å². The predicted octanol–water partition coefficient (Wildman–Crippen LogP) is 9.24. The maximum absolute atomic E-state index is 2.33. The molecule has 4 heteroatoms. The number of hydrogen-bond acceptors (Lipinski definition) is 4. The highest BCUT2D eigenvalue weighted by Crippen LogP contribution is 2.61. The van der Waals surface area contributed by atoms with Crippen LogP contribution < -0.4 is 0 Å². The highest BCUT2D eigenvalue weighted by atomic mass is 32.2. The van der Waals surface area contributed by atoms with Crippen molar-refractivity contribution in [3.63, 3.8) is 0 Å². The van der Waals surface area contributed by atoms with Gasteiger partial charge >= 0.3 is 0 Å². The molecule has 0 amide bonds. The summed E-state index contributed by atoms with van der Waals surface area (Å²) in [4.78, 5) is 5.46. The van der Waals surface area contributed by atoms with Crippen LogP contribution in [0.5, 0.6) is 0 Å². The average Bonchev–Trinajstić information content (AvgIpc) is 3.43. The van der Waals surface area contributed by atoms with Crippen molar-refractivity contribution in [2.45, 2.75) is 19.6 Å². The lowest BCUT2D eigenvalue weighted by Crippen LogP contribution is -1.78. The van der Waals surface area contributed by atoms with E-state index in [9.17, 15) is 0 Å². The third-order valence-electron chi connectivity index (χ3n) is 5.08. The minimum atomic E-state index is 1.28. The van der Waals surface area contributed by atoms with Crippen molar-refractivity contribution in [3.8, 4) is 22.3 Å². The number of thioether (sulfide) groups is 4. The second-order valence-corrected chi connectivity index (χ2v) is 11.8. The lowest BCUT2D eigenvalue weighted by molar-refractivity contribution is 1.27. The Kier molecular flexibility index (Phi) is 4.96. The fourth-order valence-electron chi connectivity index (χ4n) is 3.57. The van der Waals surface area contributed by atoms with Crippen molar-refractivity contribution < 1.29 is 0 Å². The van der Waals surface area contributed by atoms with Gasteiger partial charge in [0.25, 0.3) is 0 Å². The van der Waals surface area contributed by atoms with Crippen LogP contribution in [0.15, 0.2) is 125 Å². The first-order valence-electron chi connectivity index (χ1n) is 9.68. The highest BCUT2D eigenvalue weighted by Gasteiger charge is 2.27. The van der Waals surface area contributed by atoms with Gasteiger partial charge in [-0.1, -0.05) is 120 Å². The SMILES string of the molecule is c1ccc(-c2ccc3c(c2)S/C(=C2/Sc4ccc(-c5ccccc5)cc4S2)S3)cc1. The van der Waals surface area contributed by atoms with E-state index < -0.39 is 0 Å². The lowest BCUT2D eigenvalue weighted by atomic mass is 10.1. The maximum Gasteiger partial charge on any atom is 0.0706 e. The van der Waals surface area contributed by atoms with Crippen LogP contribution in [0, 0.1) is 0 Å². The summed E-state index contributed by atoms with van der Waals surface area (Å²) in [7, 11) is 0. The Balaban J connectivity index is 1.28. The van der Waals surface area contributed by atoms with Gasteiger partial charge in [-0.3, -0.25) is 0 Å². The Morgan fingerprint density at radius 2 is 0.733 bits per heavy atom.